The van der Waals surface area contributed by atoms with Crippen LogP contribution in [0.5, 0.6) is 0 Å². The molecule has 0 radical (unpaired) electrons. The molecule has 112 valence electrons. The van der Waals surface area contributed by atoms with Gasteiger partial charge in [0.1, 0.15) is 0 Å². The van der Waals surface area contributed by atoms with E-state index in [1.54, 1.807) is 6.33 Å². The molecule has 1 saturated carbocycles. The number of aryl methyl sites for hydroxylation is 1. The number of carbonyl (C=O) groups is 1. The minimum absolute atomic E-state index is 0.0667. The van der Waals surface area contributed by atoms with Crippen molar-refractivity contribution in [1.29, 1.82) is 0 Å². The van der Waals surface area contributed by atoms with Gasteiger partial charge in [0.2, 0.25) is 5.91 Å². The summed E-state index contributed by atoms with van der Waals surface area (Å²) in [6, 6.07) is 7.92. The van der Waals surface area contributed by atoms with Crippen molar-refractivity contribution in [1.82, 2.24) is 14.9 Å². The number of amides is 1. The van der Waals surface area contributed by atoms with Crippen LogP contribution in [0.3, 0.4) is 0 Å². The van der Waals surface area contributed by atoms with Crippen molar-refractivity contribution >= 4 is 16.9 Å². The lowest BCUT2D eigenvalue weighted by Gasteiger charge is -2.14. The molecule has 1 heterocycles. The Hall–Kier alpha value is -1.88. The molecule has 0 unspecified atom stereocenters. The van der Waals surface area contributed by atoms with E-state index in [0.29, 0.717) is 19.5 Å². The molecule has 0 saturated heterocycles. The van der Waals surface area contributed by atoms with Crippen molar-refractivity contribution in [3.63, 3.8) is 0 Å². The summed E-state index contributed by atoms with van der Waals surface area (Å²) in [5, 5.41) is 12.0. The van der Waals surface area contributed by atoms with Gasteiger partial charge in [0.05, 0.1) is 17.4 Å². The van der Waals surface area contributed by atoms with Crippen LogP contribution in [0.25, 0.3) is 11.0 Å². The quantitative estimate of drug-likeness (QED) is 0.814. The summed E-state index contributed by atoms with van der Waals surface area (Å²) in [5.41, 5.74) is 2.19. The number of hydrogen-bond donors (Lipinski definition) is 2. The number of aromatic nitrogens is 2. The number of hydrogen-bond acceptors (Lipinski definition) is 3. The fraction of sp³-hybridized carbons (Fsp3) is 0.500. The van der Waals surface area contributed by atoms with Crippen molar-refractivity contribution in [3.05, 3.63) is 30.6 Å². The summed E-state index contributed by atoms with van der Waals surface area (Å²) in [7, 11) is 0. The summed E-state index contributed by atoms with van der Waals surface area (Å²) >= 11 is 0. The first-order valence-corrected chi connectivity index (χ1v) is 7.50. The van der Waals surface area contributed by atoms with Crippen molar-refractivity contribution in [3.8, 4) is 0 Å². The molecular formula is C16H21N3O2. The van der Waals surface area contributed by atoms with Crippen molar-refractivity contribution in [2.45, 2.75) is 32.2 Å². The minimum atomic E-state index is 0.0667. The van der Waals surface area contributed by atoms with Crippen LogP contribution in [0.2, 0.25) is 0 Å². The molecule has 1 aliphatic carbocycles. The maximum atomic E-state index is 11.9. The Morgan fingerprint density at radius 2 is 2.19 bits per heavy atom. The molecule has 1 aliphatic rings. The van der Waals surface area contributed by atoms with Crippen molar-refractivity contribution < 1.29 is 9.90 Å². The van der Waals surface area contributed by atoms with Gasteiger partial charge in [0, 0.05) is 26.1 Å². The molecule has 0 bridgehead atoms. The zero-order valence-corrected chi connectivity index (χ0v) is 12.1. The molecule has 5 heteroatoms. The Balaban J connectivity index is 1.50. The Kier molecular flexibility index (Phi) is 3.92. The predicted octanol–water partition coefficient (Wildman–Crippen LogP) is 1.71. The number of benzene rings is 1. The molecule has 2 aromatic rings. The number of imidazole rings is 1. The Morgan fingerprint density at radius 3 is 2.95 bits per heavy atom. The van der Waals surface area contributed by atoms with Gasteiger partial charge in [-0.05, 0) is 36.8 Å². The molecule has 2 N–H and O–H groups in total. The van der Waals surface area contributed by atoms with Gasteiger partial charge in [-0.2, -0.15) is 0 Å². The number of para-hydroxylation sites is 2. The molecule has 1 fully saturated rings. The maximum Gasteiger partial charge on any atom is 0.221 e. The van der Waals surface area contributed by atoms with Gasteiger partial charge >= 0.3 is 0 Å². The third kappa shape index (κ3) is 3.24. The zero-order valence-electron chi connectivity index (χ0n) is 12.1. The van der Waals surface area contributed by atoms with Crippen LogP contribution in [0.1, 0.15) is 25.7 Å². The molecule has 1 amide bonds. The summed E-state index contributed by atoms with van der Waals surface area (Å²) in [6.07, 6.45) is 5.25. The Labute approximate surface area is 124 Å². The topological polar surface area (TPSA) is 67.2 Å². The Morgan fingerprint density at radius 1 is 1.38 bits per heavy atom. The van der Waals surface area contributed by atoms with Crippen molar-refractivity contribution in [2.75, 3.05) is 13.2 Å². The second-order valence-corrected chi connectivity index (χ2v) is 5.93. The normalized spacial score (nSPS) is 16.0. The number of aliphatic hydroxyl groups is 1. The molecule has 21 heavy (non-hydrogen) atoms. The lowest BCUT2D eigenvalue weighted by atomic mass is 10.0. The summed E-state index contributed by atoms with van der Waals surface area (Å²) in [4.78, 5) is 16.3. The van der Waals surface area contributed by atoms with E-state index in [9.17, 15) is 4.79 Å². The van der Waals surface area contributed by atoms with Gasteiger partial charge in [-0.25, -0.2) is 4.98 Å². The third-order valence-electron chi connectivity index (χ3n) is 4.37. The SMILES string of the molecule is O=C(CCn1cnc2ccccc21)NCC1(CCO)CC1. The van der Waals surface area contributed by atoms with Gasteiger partial charge in [-0.1, -0.05) is 12.1 Å². The van der Waals surface area contributed by atoms with Gasteiger partial charge in [0.15, 0.2) is 0 Å². The van der Waals surface area contributed by atoms with E-state index in [-0.39, 0.29) is 17.9 Å². The van der Waals surface area contributed by atoms with E-state index in [2.05, 4.69) is 10.3 Å². The first-order chi connectivity index (χ1) is 10.2. The standard InChI is InChI=1S/C16H21N3O2/c20-10-8-16(6-7-16)11-17-15(21)5-9-19-12-18-13-3-1-2-4-14(13)19/h1-4,12,20H,5-11H2,(H,17,21). The van der Waals surface area contributed by atoms with Crippen LogP contribution in [0, 0.1) is 5.41 Å². The van der Waals surface area contributed by atoms with Crippen LogP contribution < -0.4 is 5.32 Å². The van der Waals surface area contributed by atoms with E-state index >= 15 is 0 Å². The van der Waals surface area contributed by atoms with Crippen LogP contribution in [-0.2, 0) is 11.3 Å². The fourth-order valence-corrected chi connectivity index (χ4v) is 2.71. The molecule has 1 aromatic carbocycles. The monoisotopic (exact) mass is 287 g/mol. The van der Waals surface area contributed by atoms with E-state index in [0.717, 1.165) is 30.3 Å². The van der Waals surface area contributed by atoms with Crippen LogP contribution in [0.4, 0.5) is 0 Å². The number of aliphatic hydroxyl groups excluding tert-OH is 1. The average Bonchev–Trinajstić information content (AvgIpc) is 3.14. The second-order valence-electron chi connectivity index (χ2n) is 5.93. The largest absolute Gasteiger partial charge is 0.396 e. The first-order valence-electron chi connectivity index (χ1n) is 7.50. The average molecular weight is 287 g/mol. The van der Waals surface area contributed by atoms with E-state index < -0.39 is 0 Å². The summed E-state index contributed by atoms with van der Waals surface area (Å²) in [5.74, 6) is 0.0667. The predicted molar refractivity (Wildman–Crippen MR) is 80.7 cm³/mol. The molecule has 0 aliphatic heterocycles. The molecule has 0 spiro atoms. The van der Waals surface area contributed by atoms with Crippen LogP contribution in [-0.4, -0.2) is 33.7 Å². The molecule has 3 rings (SSSR count). The molecule has 5 nitrogen and oxygen atoms in total. The highest BCUT2D eigenvalue weighted by Crippen LogP contribution is 2.47. The van der Waals surface area contributed by atoms with Crippen LogP contribution >= 0.6 is 0 Å². The second kappa shape index (κ2) is 5.85. The number of rotatable bonds is 7. The van der Waals surface area contributed by atoms with Gasteiger partial charge < -0.3 is 15.0 Å². The van der Waals surface area contributed by atoms with Gasteiger partial charge in [-0.3, -0.25) is 4.79 Å². The number of fused-ring (bicyclic) bond motifs is 1. The van der Waals surface area contributed by atoms with Crippen molar-refractivity contribution in [2.24, 2.45) is 5.41 Å². The highest BCUT2D eigenvalue weighted by atomic mass is 16.3. The molecule has 1 aromatic heterocycles. The summed E-state index contributed by atoms with van der Waals surface area (Å²) < 4.78 is 2.01. The van der Waals surface area contributed by atoms with Crippen LogP contribution in [0.15, 0.2) is 30.6 Å². The fourth-order valence-electron chi connectivity index (χ4n) is 2.71. The molecular weight excluding hydrogens is 266 g/mol. The van der Waals surface area contributed by atoms with Gasteiger partial charge in [0.25, 0.3) is 0 Å². The highest BCUT2D eigenvalue weighted by molar-refractivity contribution is 5.77. The lowest BCUT2D eigenvalue weighted by molar-refractivity contribution is -0.121. The maximum absolute atomic E-state index is 11.9. The van der Waals surface area contributed by atoms with E-state index in [1.807, 2.05) is 28.8 Å². The third-order valence-corrected chi connectivity index (χ3v) is 4.37. The Bertz CT molecular complexity index is 631. The minimum Gasteiger partial charge on any atom is -0.396 e. The first kappa shape index (κ1) is 14.1. The zero-order chi connectivity index (χ0) is 14.7. The van der Waals surface area contributed by atoms with Gasteiger partial charge in [-0.15, -0.1) is 0 Å². The number of nitrogens with zero attached hydrogens (tertiary/aromatic N) is 2. The number of nitrogens with one attached hydrogen (secondary N) is 1. The van der Waals surface area contributed by atoms with E-state index in [4.69, 9.17) is 5.11 Å². The molecule has 0 atom stereocenters. The smallest absolute Gasteiger partial charge is 0.221 e. The number of carbonyl (C=O) groups excluding carboxylic acids is 1. The summed E-state index contributed by atoms with van der Waals surface area (Å²) in [6.45, 7) is 1.54. The lowest BCUT2D eigenvalue weighted by Crippen LogP contribution is -2.31. The highest BCUT2D eigenvalue weighted by Gasteiger charge is 2.41. The van der Waals surface area contributed by atoms with E-state index in [1.165, 1.54) is 0 Å².